The van der Waals surface area contributed by atoms with Crippen LogP contribution in [0, 0.1) is 0 Å². The molecule has 4 heteroatoms. The lowest BCUT2D eigenvalue weighted by molar-refractivity contribution is 0.937. The van der Waals surface area contributed by atoms with Gasteiger partial charge in [-0.2, -0.15) is 0 Å². The van der Waals surface area contributed by atoms with Crippen molar-refractivity contribution in [3.05, 3.63) is 24.3 Å². The smallest absolute Gasteiger partial charge is 0.130 e. The molecule has 0 N–H and O–H groups in total. The van der Waals surface area contributed by atoms with Crippen molar-refractivity contribution in [2.24, 2.45) is 0 Å². The van der Waals surface area contributed by atoms with Crippen molar-refractivity contribution in [2.75, 3.05) is 0 Å². The maximum Gasteiger partial charge on any atom is 0.130 e. The monoisotopic (exact) mass is 264 g/mol. The molecule has 0 atom stereocenters. The largest absolute Gasteiger partial charge is 0.241 e. The molecule has 0 fully saturated rings. The Hall–Kier alpha value is 0.0400. The maximum atomic E-state index is 4.05. The van der Waals surface area contributed by atoms with Gasteiger partial charge in [0.05, 0.1) is 3.74 Å². The van der Waals surface area contributed by atoms with Gasteiger partial charge in [0.1, 0.15) is 5.82 Å². The SMILES string of the molecule is BrC(Br)Cc1ncccn1. The molecule has 0 aliphatic rings. The van der Waals surface area contributed by atoms with Crippen molar-refractivity contribution in [1.82, 2.24) is 9.97 Å². The van der Waals surface area contributed by atoms with E-state index in [9.17, 15) is 0 Å². The van der Waals surface area contributed by atoms with E-state index in [4.69, 9.17) is 0 Å². The summed E-state index contributed by atoms with van der Waals surface area (Å²) >= 11 is 6.70. The van der Waals surface area contributed by atoms with Crippen molar-refractivity contribution in [1.29, 1.82) is 0 Å². The number of hydrogen-bond donors (Lipinski definition) is 0. The second-order valence-corrected chi connectivity index (χ2v) is 5.20. The Morgan fingerprint density at radius 1 is 1.30 bits per heavy atom. The van der Waals surface area contributed by atoms with Gasteiger partial charge >= 0.3 is 0 Å². The van der Waals surface area contributed by atoms with Crippen molar-refractivity contribution >= 4 is 31.9 Å². The molecular formula is C6H6Br2N2. The van der Waals surface area contributed by atoms with Gasteiger partial charge in [-0.1, -0.05) is 31.9 Å². The Bertz CT molecular complexity index is 188. The molecule has 0 unspecified atom stereocenters. The summed E-state index contributed by atoms with van der Waals surface area (Å²) in [5.74, 6) is 0.848. The van der Waals surface area contributed by atoms with Crippen molar-refractivity contribution in [3.8, 4) is 0 Å². The van der Waals surface area contributed by atoms with Gasteiger partial charge in [-0.05, 0) is 6.07 Å². The number of alkyl halides is 2. The molecule has 1 aromatic heterocycles. The molecule has 1 aromatic rings. The summed E-state index contributed by atoms with van der Waals surface area (Å²) in [4.78, 5) is 8.10. The van der Waals surface area contributed by atoms with Gasteiger partial charge < -0.3 is 0 Å². The first-order valence-electron chi connectivity index (χ1n) is 2.83. The number of halogens is 2. The minimum atomic E-state index is 0.266. The van der Waals surface area contributed by atoms with Gasteiger partial charge in [0.15, 0.2) is 0 Å². The van der Waals surface area contributed by atoms with Crippen LogP contribution < -0.4 is 0 Å². The molecule has 0 aliphatic heterocycles. The van der Waals surface area contributed by atoms with Crippen LogP contribution in [0.5, 0.6) is 0 Å². The number of rotatable bonds is 2. The van der Waals surface area contributed by atoms with Crippen LogP contribution in [0.25, 0.3) is 0 Å². The minimum Gasteiger partial charge on any atom is -0.241 e. The van der Waals surface area contributed by atoms with Crippen molar-refractivity contribution in [3.63, 3.8) is 0 Å². The van der Waals surface area contributed by atoms with E-state index in [0.717, 1.165) is 12.2 Å². The fourth-order valence-electron chi connectivity index (χ4n) is 0.573. The molecule has 0 aliphatic carbocycles. The van der Waals surface area contributed by atoms with E-state index in [1.54, 1.807) is 18.5 Å². The zero-order chi connectivity index (χ0) is 7.40. The van der Waals surface area contributed by atoms with Crippen LogP contribution in [0.4, 0.5) is 0 Å². The summed E-state index contributed by atoms with van der Waals surface area (Å²) in [5.41, 5.74) is 0. The van der Waals surface area contributed by atoms with E-state index >= 15 is 0 Å². The fourth-order valence-corrected chi connectivity index (χ4v) is 1.15. The number of nitrogens with zero attached hydrogens (tertiary/aromatic N) is 2. The normalized spacial score (nSPS) is 10.3. The summed E-state index contributed by atoms with van der Waals surface area (Å²) < 4.78 is 0.266. The van der Waals surface area contributed by atoms with Crippen LogP contribution in [-0.2, 0) is 6.42 Å². The Labute approximate surface area is 76.3 Å². The van der Waals surface area contributed by atoms with Crippen LogP contribution >= 0.6 is 31.9 Å². The first-order valence-corrected chi connectivity index (χ1v) is 4.66. The zero-order valence-electron chi connectivity index (χ0n) is 5.17. The summed E-state index contributed by atoms with van der Waals surface area (Å²) in [5, 5.41) is 0. The third kappa shape index (κ3) is 2.75. The van der Waals surface area contributed by atoms with E-state index in [0.29, 0.717) is 0 Å². The quantitative estimate of drug-likeness (QED) is 0.766. The molecule has 0 radical (unpaired) electrons. The molecular weight excluding hydrogens is 260 g/mol. The van der Waals surface area contributed by atoms with Crippen molar-refractivity contribution < 1.29 is 0 Å². The maximum absolute atomic E-state index is 4.05. The molecule has 0 amide bonds. The van der Waals surface area contributed by atoms with Gasteiger partial charge in [0, 0.05) is 18.8 Å². The highest BCUT2D eigenvalue weighted by Crippen LogP contribution is 2.11. The van der Waals surface area contributed by atoms with E-state index in [2.05, 4.69) is 41.8 Å². The van der Waals surface area contributed by atoms with Gasteiger partial charge in [0.2, 0.25) is 0 Å². The van der Waals surface area contributed by atoms with E-state index < -0.39 is 0 Å². The molecule has 1 rings (SSSR count). The first kappa shape index (κ1) is 8.14. The fraction of sp³-hybridized carbons (Fsp3) is 0.333. The highest BCUT2D eigenvalue weighted by Gasteiger charge is 2.00. The second kappa shape index (κ2) is 4.03. The van der Waals surface area contributed by atoms with Crippen LogP contribution in [0.3, 0.4) is 0 Å². The Morgan fingerprint density at radius 2 is 1.90 bits per heavy atom. The van der Waals surface area contributed by atoms with E-state index in [1.807, 2.05) is 0 Å². The Balaban J connectivity index is 2.59. The standard InChI is InChI=1S/C6H6Br2N2/c7-5(8)4-6-9-2-1-3-10-6/h1-3,5H,4H2. The molecule has 54 valence electrons. The predicted octanol–water partition coefficient (Wildman–Crippen LogP) is 2.13. The van der Waals surface area contributed by atoms with Crippen molar-refractivity contribution in [2.45, 2.75) is 10.2 Å². The van der Waals surface area contributed by atoms with Crippen LogP contribution in [0.1, 0.15) is 5.82 Å². The summed E-state index contributed by atoms with van der Waals surface area (Å²) in [7, 11) is 0. The van der Waals surface area contributed by atoms with Gasteiger partial charge in [-0.3, -0.25) is 0 Å². The molecule has 1 heterocycles. The lowest BCUT2D eigenvalue weighted by Gasteiger charge is -1.97. The van der Waals surface area contributed by atoms with E-state index in [1.165, 1.54) is 0 Å². The molecule has 0 saturated carbocycles. The third-order valence-electron chi connectivity index (χ3n) is 0.956. The van der Waals surface area contributed by atoms with Gasteiger partial charge in [-0.25, -0.2) is 9.97 Å². The predicted molar refractivity (Wildman–Crippen MR) is 47.4 cm³/mol. The average molecular weight is 266 g/mol. The summed E-state index contributed by atoms with van der Waals surface area (Å²) in [6.45, 7) is 0. The highest BCUT2D eigenvalue weighted by molar-refractivity contribution is 9.24. The number of aromatic nitrogens is 2. The first-order chi connectivity index (χ1) is 4.79. The summed E-state index contributed by atoms with van der Waals surface area (Å²) in [6.07, 6.45) is 4.29. The lowest BCUT2D eigenvalue weighted by atomic mass is 10.4. The zero-order valence-corrected chi connectivity index (χ0v) is 8.34. The Kier molecular flexibility index (Phi) is 3.28. The third-order valence-corrected chi connectivity index (χ3v) is 1.60. The molecule has 2 nitrogen and oxygen atoms in total. The van der Waals surface area contributed by atoms with Crippen LogP contribution in [-0.4, -0.2) is 13.7 Å². The second-order valence-electron chi connectivity index (χ2n) is 1.76. The average Bonchev–Trinajstić information content (AvgIpc) is 1.88. The molecule has 0 aromatic carbocycles. The Morgan fingerprint density at radius 3 is 2.40 bits per heavy atom. The molecule has 0 spiro atoms. The van der Waals surface area contributed by atoms with Gasteiger partial charge in [0.25, 0.3) is 0 Å². The lowest BCUT2D eigenvalue weighted by Crippen LogP contribution is -1.98. The van der Waals surface area contributed by atoms with Crippen LogP contribution in [0.15, 0.2) is 18.5 Å². The number of hydrogen-bond acceptors (Lipinski definition) is 2. The summed E-state index contributed by atoms with van der Waals surface area (Å²) in [6, 6.07) is 1.81. The topological polar surface area (TPSA) is 25.8 Å². The highest BCUT2D eigenvalue weighted by atomic mass is 79.9. The van der Waals surface area contributed by atoms with E-state index in [-0.39, 0.29) is 3.74 Å². The minimum absolute atomic E-state index is 0.266. The van der Waals surface area contributed by atoms with Gasteiger partial charge in [-0.15, -0.1) is 0 Å². The van der Waals surface area contributed by atoms with Crippen LogP contribution in [0.2, 0.25) is 0 Å². The molecule has 0 bridgehead atoms. The molecule has 10 heavy (non-hydrogen) atoms. The molecule has 0 saturated heterocycles.